The monoisotopic (exact) mass is 540 g/mol. The molecule has 0 spiro atoms. The van der Waals surface area contributed by atoms with Gasteiger partial charge in [0.05, 0.1) is 19.8 Å². The molecule has 1 saturated heterocycles. The van der Waals surface area contributed by atoms with Gasteiger partial charge in [0, 0.05) is 51.5 Å². The minimum atomic E-state index is 0. The SMILES string of the molecule is CN=C(NCc1cccnc1OCCOC)N1CCC(COCc2ccccc2)C1.I. The molecule has 1 unspecified atom stereocenters. The van der Waals surface area contributed by atoms with Crippen molar-refractivity contribution in [3.8, 4) is 5.88 Å². The van der Waals surface area contributed by atoms with Crippen molar-refractivity contribution < 1.29 is 14.2 Å². The second kappa shape index (κ2) is 14.2. The zero-order chi connectivity index (χ0) is 21.0. The molecule has 3 rings (SSSR count). The molecule has 170 valence electrons. The minimum absolute atomic E-state index is 0. The maximum atomic E-state index is 5.94. The van der Waals surface area contributed by atoms with Gasteiger partial charge in [0.2, 0.25) is 5.88 Å². The summed E-state index contributed by atoms with van der Waals surface area (Å²) in [6.07, 6.45) is 2.84. The van der Waals surface area contributed by atoms with Crippen molar-refractivity contribution in [2.24, 2.45) is 10.9 Å². The third kappa shape index (κ3) is 8.27. The van der Waals surface area contributed by atoms with Crippen LogP contribution in [0.1, 0.15) is 17.5 Å². The maximum Gasteiger partial charge on any atom is 0.218 e. The smallest absolute Gasteiger partial charge is 0.218 e. The lowest BCUT2D eigenvalue weighted by atomic mass is 10.1. The summed E-state index contributed by atoms with van der Waals surface area (Å²) in [6.45, 7) is 4.97. The highest BCUT2D eigenvalue weighted by Gasteiger charge is 2.25. The number of aliphatic imine (C=N–C) groups is 1. The Morgan fingerprint density at radius 1 is 1.19 bits per heavy atom. The predicted molar refractivity (Wildman–Crippen MR) is 133 cm³/mol. The molecule has 2 aromatic rings. The Morgan fingerprint density at radius 3 is 2.81 bits per heavy atom. The summed E-state index contributed by atoms with van der Waals surface area (Å²) >= 11 is 0. The van der Waals surface area contributed by atoms with Crippen LogP contribution in [0.25, 0.3) is 0 Å². The molecule has 8 heteroatoms. The van der Waals surface area contributed by atoms with Crippen LogP contribution < -0.4 is 10.1 Å². The second-order valence-corrected chi connectivity index (χ2v) is 7.31. The molecule has 0 bridgehead atoms. The van der Waals surface area contributed by atoms with E-state index in [0.717, 1.165) is 37.6 Å². The van der Waals surface area contributed by atoms with Crippen molar-refractivity contribution in [2.45, 2.75) is 19.6 Å². The van der Waals surface area contributed by atoms with E-state index in [1.165, 1.54) is 5.56 Å². The van der Waals surface area contributed by atoms with Gasteiger partial charge < -0.3 is 24.4 Å². The van der Waals surface area contributed by atoms with E-state index in [4.69, 9.17) is 14.2 Å². The van der Waals surface area contributed by atoms with Gasteiger partial charge in [0.1, 0.15) is 6.61 Å². The lowest BCUT2D eigenvalue weighted by Gasteiger charge is -2.22. The van der Waals surface area contributed by atoms with Crippen molar-refractivity contribution >= 4 is 29.9 Å². The number of aromatic nitrogens is 1. The number of hydrogen-bond acceptors (Lipinski definition) is 5. The van der Waals surface area contributed by atoms with E-state index in [1.807, 2.05) is 37.4 Å². The molecule has 1 fully saturated rings. The number of benzene rings is 1. The molecule has 1 aliphatic heterocycles. The molecule has 7 nitrogen and oxygen atoms in total. The second-order valence-electron chi connectivity index (χ2n) is 7.31. The van der Waals surface area contributed by atoms with E-state index in [-0.39, 0.29) is 24.0 Å². The van der Waals surface area contributed by atoms with Crippen LogP contribution >= 0.6 is 24.0 Å². The highest BCUT2D eigenvalue weighted by molar-refractivity contribution is 14.0. The van der Waals surface area contributed by atoms with Crippen molar-refractivity contribution in [1.82, 2.24) is 15.2 Å². The Labute approximate surface area is 202 Å². The Hall–Kier alpha value is -1.91. The van der Waals surface area contributed by atoms with E-state index in [9.17, 15) is 0 Å². The molecule has 1 aromatic heterocycles. The Kier molecular flexibility index (Phi) is 11.6. The average Bonchev–Trinajstić information content (AvgIpc) is 3.25. The van der Waals surface area contributed by atoms with Crippen LogP contribution in [0.2, 0.25) is 0 Å². The van der Waals surface area contributed by atoms with Gasteiger partial charge in [0.25, 0.3) is 0 Å². The number of pyridine rings is 1. The molecule has 0 saturated carbocycles. The molecule has 1 N–H and O–H groups in total. The number of halogens is 1. The first-order chi connectivity index (χ1) is 14.8. The Bertz CT molecular complexity index is 791. The summed E-state index contributed by atoms with van der Waals surface area (Å²) in [7, 11) is 3.48. The first-order valence-electron chi connectivity index (χ1n) is 10.4. The number of nitrogens with zero attached hydrogens (tertiary/aromatic N) is 3. The number of hydrogen-bond donors (Lipinski definition) is 1. The van der Waals surface area contributed by atoms with Crippen LogP contribution in [-0.2, 0) is 22.6 Å². The fraction of sp³-hybridized carbons (Fsp3) is 0.478. The normalized spacial score (nSPS) is 16.1. The lowest BCUT2D eigenvalue weighted by Crippen LogP contribution is -2.40. The predicted octanol–water partition coefficient (Wildman–Crippen LogP) is 3.34. The van der Waals surface area contributed by atoms with Crippen LogP contribution in [0.4, 0.5) is 0 Å². The molecule has 1 aliphatic rings. The van der Waals surface area contributed by atoms with Gasteiger partial charge >= 0.3 is 0 Å². The van der Waals surface area contributed by atoms with Crippen LogP contribution in [-0.4, -0.2) is 62.9 Å². The molecule has 1 atom stereocenters. The van der Waals surface area contributed by atoms with Crippen molar-refractivity contribution in [2.75, 3.05) is 47.1 Å². The van der Waals surface area contributed by atoms with E-state index in [0.29, 0.717) is 38.2 Å². The number of guanidine groups is 1. The number of methoxy groups -OCH3 is 1. The van der Waals surface area contributed by atoms with Crippen LogP contribution in [0.3, 0.4) is 0 Å². The van der Waals surface area contributed by atoms with Crippen LogP contribution in [0, 0.1) is 5.92 Å². The van der Waals surface area contributed by atoms with E-state index in [1.54, 1.807) is 13.3 Å². The van der Waals surface area contributed by atoms with Crippen molar-refractivity contribution in [3.05, 3.63) is 59.8 Å². The van der Waals surface area contributed by atoms with E-state index >= 15 is 0 Å². The van der Waals surface area contributed by atoms with E-state index < -0.39 is 0 Å². The first kappa shape index (κ1) is 25.4. The summed E-state index contributed by atoms with van der Waals surface area (Å²) in [6, 6.07) is 14.2. The number of ether oxygens (including phenoxy) is 3. The third-order valence-corrected chi connectivity index (χ3v) is 5.08. The van der Waals surface area contributed by atoms with Gasteiger partial charge in [0.15, 0.2) is 5.96 Å². The standard InChI is InChI=1S/C23H32N4O3.HI/c1-24-23(26-15-21-9-6-11-25-22(21)30-14-13-28-2)27-12-10-20(16-27)18-29-17-19-7-4-3-5-8-19;/h3-9,11,20H,10,12-18H2,1-2H3,(H,24,26);1H. The fourth-order valence-electron chi connectivity index (χ4n) is 3.50. The summed E-state index contributed by atoms with van der Waals surface area (Å²) in [5.74, 6) is 2.04. The van der Waals surface area contributed by atoms with Crippen LogP contribution in [0.5, 0.6) is 5.88 Å². The first-order valence-corrected chi connectivity index (χ1v) is 10.4. The zero-order valence-corrected chi connectivity index (χ0v) is 20.7. The molecular formula is C23H33IN4O3. The quantitative estimate of drug-likeness (QED) is 0.216. The van der Waals surface area contributed by atoms with Crippen molar-refractivity contribution in [1.29, 1.82) is 0 Å². The zero-order valence-electron chi connectivity index (χ0n) is 18.3. The lowest BCUT2D eigenvalue weighted by molar-refractivity contribution is 0.0906. The summed E-state index contributed by atoms with van der Waals surface area (Å²) in [5, 5.41) is 3.44. The largest absolute Gasteiger partial charge is 0.475 e. The summed E-state index contributed by atoms with van der Waals surface area (Å²) in [5.41, 5.74) is 2.21. The van der Waals surface area contributed by atoms with Crippen LogP contribution in [0.15, 0.2) is 53.7 Å². The topological polar surface area (TPSA) is 68.2 Å². The third-order valence-electron chi connectivity index (χ3n) is 5.08. The molecule has 0 radical (unpaired) electrons. The number of rotatable bonds is 10. The summed E-state index contributed by atoms with van der Waals surface area (Å²) in [4.78, 5) is 11.1. The molecule has 0 aliphatic carbocycles. The summed E-state index contributed by atoms with van der Waals surface area (Å²) < 4.78 is 16.7. The molecule has 2 heterocycles. The van der Waals surface area contributed by atoms with E-state index in [2.05, 4.69) is 32.3 Å². The minimum Gasteiger partial charge on any atom is -0.475 e. The molecular weight excluding hydrogens is 507 g/mol. The van der Waals surface area contributed by atoms with Gasteiger partial charge in [-0.15, -0.1) is 24.0 Å². The average molecular weight is 540 g/mol. The molecule has 31 heavy (non-hydrogen) atoms. The number of nitrogens with one attached hydrogen (secondary N) is 1. The highest BCUT2D eigenvalue weighted by Crippen LogP contribution is 2.18. The fourth-order valence-corrected chi connectivity index (χ4v) is 3.50. The molecule has 1 aromatic carbocycles. The Balaban J connectivity index is 0.00000341. The van der Waals surface area contributed by atoms with Gasteiger partial charge in [-0.2, -0.15) is 0 Å². The molecule has 0 amide bonds. The van der Waals surface area contributed by atoms with Gasteiger partial charge in [-0.1, -0.05) is 36.4 Å². The number of likely N-dealkylation sites (tertiary alicyclic amines) is 1. The highest BCUT2D eigenvalue weighted by atomic mass is 127. The van der Waals surface area contributed by atoms with Gasteiger partial charge in [-0.3, -0.25) is 4.99 Å². The van der Waals surface area contributed by atoms with Crippen molar-refractivity contribution in [3.63, 3.8) is 0 Å². The van der Waals surface area contributed by atoms with Gasteiger partial charge in [-0.25, -0.2) is 4.98 Å². The van der Waals surface area contributed by atoms with Gasteiger partial charge in [-0.05, 0) is 18.1 Å². The maximum absolute atomic E-state index is 5.94. The Morgan fingerprint density at radius 2 is 2.03 bits per heavy atom.